The first-order chi connectivity index (χ1) is 25.6. The van der Waals surface area contributed by atoms with Gasteiger partial charge in [-0.05, 0) is 85.5 Å². The Morgan fingerprint density at radius 1 is 0.327 bits per heavy atom. The van der Waals surface area contributed by atoms with Gasteiger partial charge in [0.05, 0.1) is 11.4 Å². The molecule has 248 valence electrons. The van der Waals surface area contributed by atoms with Crippen LogP contribution in [0, 0.1) is 0 Å². The first-order valence-electron chi connectivity index (χ1n) is 18.1. The van der Waals surface area contributed by atoms with Crippen LogP contribution in [0.2, 0.25) is 0 Å². The average molecular weight is 666 g/mol. The molecule has 0 aliphatic heterocycles. The van der Waals surface area contributed by atoms with E-state index in [9.17, 15) is 0 Å². The van der Waals surface area contributed by atoms with Gasteiger partial charge in [-0.15, -0.1) is 0 Å². The van der Waals surface area contributed by atoms with Gasteiger partial charge in [0.25, 0.3) is 0 Å². The second-order valence-corrected chi connectivity index (χ2v) is 14.1. The van der Waals surface area contributed by atoms with Gasteiger partial charge in [-0.3, -0.25) is 0 Å². The van der Waals surface area contributed by atoms with Crippen molar-refractivity contribution in [3.05, 3.63) is 211 Å². The molecule has 0 amide bonds. The van der Waals surface area contributed by atoms with Crippen LogP contribution < -0.4 is 4.90 Å². The zero-order valence-electron chi connectivity index (χ0n) is 29.5. The van der Waals surface area contributed by atoms with E-state index in [1.165, 1.54) is 72.4 Å². The van der Waals surface area contributed by atoms with Gasteiger partial charge < -0.3 is 4.90 Å². The topological polar surface area (TPSA) is 3.24 Å². The number of hydrogen-bond acceptors (Lipinski definition) is 1. The summed E-state index contributed by atoms with van der Waals surface area (Å²) in [6.45, 7) is 4.76. The smallest absolute Gasteiger partial charge is 0.0546 e. The van der Waals surface area contributed by atoms with E-state index >= 15 is 0 Å². The fraction of sp³-hybridized carbons (Fsp3) is 0.0588. The van der Waals surface area contributed by atoms with E-state index in [1.807, 2.05) is 0 Å². The van der Waals surface area contributed by atoms with Crippen molar-refractivity contribution in [2.75, 3.05) is 4.90 Å². The summed E-state index contributed by atoms with van der Waals surface area (Å²) in [5, 5.41) is 0. The third kappa shape index (κ3) is 5.34. The number of nitrogens with zero attached hydrogens (tertiary/aromatic N) is 1. The maximum absolute atomic E-state index is 2.52. The average Bonchev–Trinajstić information content (AvgIpc) is 3.45. The van der Waals surface area contributed by atoms with Crippen LogP contribution in [0.15, 0.2) is 200 Å². The number of rotatable bonds is 7. The molecule has 9 rings (SSSR count). The fourth-order valence-corrected chi connectivity index (χ4v) is 8.29. The van der Waals surface area contributed by atoms with Crippen molar-refractivity contribution in [1.29, 1.82) is 0 Å². The highest BCUT2D eigenvalue weighted by Crippen LogP contribution is 2.56. The summed E-state index contributed by atoms with van der Waals surface area (Å²) < 4.78 is 0. The summed E-state index contributed by atoms with van der Waals surface area (Å²) >= 11 is 0. The second-order valence-electron chi connectivity index (χ2n) is 14.1. The van der Waals surface area contributed by atoms with Crippen LogP contribution in [-0.2, 0) is 5.41 Å². The van der Waals surface area contributed by atoms with Gasteiger partial charge in [-0.2, -0.15) is 0 Å². The van der Waals surface area contributed by atoms with Crippen LogP contribution in [0.5, 0.6) is 0 Å². The Bertz CT molecular complexity index is 2510. The lowest BCUT2D eigenvalue weighted by molar-refractivity contribution is 0.661. The van der Waals surface area contributed by atoms with E-state index in [4.69, 9.17) is 0 Å². The highest BCUT2D eigenvalue weighted by molar-refractivity contribution is 6.02. The van der Waals surface area contributed by atoms with Gasteiger partial charge in [-0.25, -0.2) is 0 Å². The molecule has 1 heteroatoms. The predicted molar refractivity (Wildman–Crippen MR) is 220 cm³/mol. The Balaban J connectivity index is 1.36. The van der Waals surface area contributed by atoms with Crippen LogP contribution in [0.4, 0.5) is 17.1 Å². The van der Waals surface area contributed by atoms with Gasteiger partial charge in [-0.1, -0.05) is 190 Å². The molecule has 1 aliphatic rings. The molecule has 0 bridgehead atoms. The molecule has 0 fully saturated rings. The molecule has 0 atom stereocenters. The standard InChI is InChI=1S/C51H39N/c1-51(2)46-29-15-14-25-43(46)45-28-17-31-48(50(45)51)52(40-34-32-37(33-35-40)36-18-6-3-7-19-36)47-30-16-27-42(39-22-10-5-11-23-39)49(47)44-26-13-12-24-41(44)38-20-8-4-9-21-38/h3-35H,1-2H3. The molecule has 0 aromatic heterocycles. The minimum absolute atomic E-state index is 0.204. The van der Waals surface area contributed by atoms with Gasteiger partial charge in [0, 0.05) is 16.7 Å². The Hall–Kier alpha value is -6.44. The molecule has 0 unspecified atom stereocenters. The van der Waals surface area contributed by atoms with Gasteiger partial charge in [0.2, 0.25) is 0 Å². The molecule has 52 heavy (non-hydrogen) atoms. The monoisotopic (exact) mass is 665 g/mol. The van der Waals surface area contributed by atoms with Crippen molar-refractivity contribution >= 4 is 17.1 Å². The van der Waals surface area contributed by atoms with E-state index in [1.54, 1.807) is 0 Å². The van der Waals surface area contributed by atoms with Crippen molar-refractivity contribution in [2.24, 2.45) is 0 Å². The zero-order valence-corrected chi connectivity index (χ0v) is 29.5. The summed E-state index contributed by atoms with van der Waals surface area (Å²) in [4.78, 5) is 2.52. The molecule has 0 saturated heterocycles. The summed E-state index contributed by atoms with van der Waals surface area (Å²) in [6, 6.07) is 72.8. The quantitative estimate of drug-likeness (QED) is 0.164. The van der Waals surface area contributed by atoms with Crippen molar-refractivity contribution in [3.63, 3.8) is 0 Å². The minimum Gasteiger partial charge on any atom is -0.310 e. The van der Waals surface area contributed by atoms with E-state index in [-0.39, 0.29) is 5.41 Å². The molecule has 1 nitrogen and oxygen atoms in total. The lowest BCUT2D eigenvalue weighted by atomic mass is 9.81. The van der Waals surface area contributed by atoms with E-state index in [2.05, 4.69) is 219 Å². The van der Waals surface area contributed by atoms with E-state index in [0.717, 1.165) is 11.4 Å². The van der Waals surface area contributed by atoms with Crippen LogP contribution >= 0.6 is 0 Å². The van der Waals surface area contributed by atoms with Crippen molar-refractivity contribution in [3.8, 4) is 55.6 Å². The van der Waals surface area contributed by atoms with Crippen molar-refractivity contribution < 1.29 is 0 Å². The molecule has 0 heterocycles. The van der Waals surface area contributed by atoms with Gasteiger partial charge >= 0.3 is 0 Å². The Morgan fingerprint density at radius 3 is 1.44 bits per heavy atom. The molecule has 0 N–H and O–H groups in total. The highest BCUT2D eigenvalue weighted by atomic mass is 15.1. The summed E-state index contributed by atoms with van der Waals surface area (Å²) in [6.07, 6.45) is 0. The summed E-state index contributed by atoms with van der Waals surface area (Å²) in [5.74, 6) is 0. The summed E-state index contributed by atoms with van der Waals surface area (Å²) in [5.41, 5.74) is 18.2. The number of benzene rings is 8. The highest BCUT2D eigenvalue weighted by Gasteiger charge is 2.39. The van der Waals surface area contributed by atoms with E-state index in [0.29, 0.717) is 0 Å². The van der Waals surface area contributed by atoms with E-state index < -0.39 is 0 Å². The second kappa shape index (κ2) is 13.0. The Morgan fingerprint density at radius 2 is 0.788 bits per heavy atom. The maximum atomic E-state index is 2.52. The molecule has 1 aliphatic carbocycles. The van der Waals surface area contributed by atoms with Crippen molar-refractivity contribution in [2.45, 2.75) is 19.3 Å². The van der Waals surface area contributed by atoms with Crippen LogP contribution in [0.25, 0.3) is 55.6 Å². The zero-order chi connectivity index (χ0) is 35.1. The Kier molecular flexibility index (Phi) is 7.90. The summed E-state index contributed by atoms with van der Waals surface area (Å²) in [7, 11) is 0. The third-order valence-electron chi connectivity index (χ3n) is 10.7. The largest absolute Gasteiger partial charge is 0.310 e. The minimum atomic E-state index is -0.204. The molecule has 0 radical (unpaired) electrons. The molecule has 0 saturated carbocycles. The maximum Gasteiger partial charge on any atom is 0.0546 e. The number of hydrogen-bond donors (Lipinski definition) is 0. The first kappa shape index (κ1) is 31.5. The van der Waals surface area contributed by atoms with Crippen LogP contribution in [-0.4, -0.2) is 0 Å². The van der Waals surface area contributed by atoms with Crippen LogP contribution in [0.3, 0.4) is 0 Å². The molecule has 0 spiro atoms. The van der Waals surface area contributed by atoms with Gasteiger partial charge in [0.1, 0.15) is 0 Å². The molecule has 8 aromatic carbocycles. The first-order valence-corrected chi connectivity index (χ1v) is 18.1. The Labute approximate surface area is 307 Å². The lowest BCUT2D eigenvalue weighted by Crippen LogP contribution is -2.21. The van der Waals surface area contributed by atoms with Gasteiger partial charge in [0.15, 0.2) is 0 Å². The lowest BCUT2D eigenvalue weighted by Gasteiger charge is -2.34. The fourth-order valence-electron chi connectivity index (χ4n) is 8.29. The molecular formula is C51H39N. The SMILES string of the molecule is CC1(C)c2ccccc2-c2cccc(N(c3ccc(-c4ccccc4)cc3)c3cccc(-c4ccccc4)c3-c3ccccc3-c3ccccc3)c21. The van der Waals surface area contributed by atoms with Crippen molar-refractivity contribution in [1.82, 2.24) is 0 Å². The third-order valence-corrected chi connectivity index (χ3v) is 10.7. The predicted octanol–water partition coefficient (Wildman–Crippen LogP) is 14.1. The van der Waals surface area contributed by atoms with Crippen LogP contribution in [0.1, 0.15) is 25.0 Å². The molecular weight excluding hydrogens is 627 g/mol. The molecule has 8 aromatic rings. The normalized spacial score (nSPS) is 12.6. The number of fused-ring (bicyclic) bond motifs is 3. The number of anilines is 3.